The molecule has 18 heavy (non-hydrogen) atoms. The fourth-order valence-corrected chi connectivity index (χ4v) is 1.98. The Balaban J connectivity index is 1.80. The highest BCUT2D eigenvalue weighted by Gasteiger charge is 2.28. The lowest BCUT2D eigenvalue weighted by Gasteiger charge is -2.13. The maximum atomic E-state index is 11.7. The summed E-state index contributed by atoms with van der Waals surface area (Å²) in [6, 6.07) is 1.63. The maximum absolute atomic E-state index is 11.7. The van der Waals surface area contributed by atoms with E-state index in [4.69, 9.17) is 9.63 Å². The summed E-state index contributed by atoms with van der Waals surface area (Å²) in [6.07, 6.45) is 0.587. The highest BCUT2D eigenvalue weighted by atomic mass is 16.5. The van der Waals surface area contributed by atoms with Crippen LogP contribution < -0.4 is 5.32 Å². The molecule has 0 spiro atoms. The predicted octanol–water partition coefficient (Wildman–Crippen LogP) is 0.328. The largest absolute Gasteiger partial charge is 0.481 e. The van der Waals surface area contributed by atoms with Crippen molar-refractivity contribution < 1.29 is 19.2 Å². The normalized spacial score (nSPS) is 19.9. The minimum absolute atomic E-state index is 0.170. The van der Waals surface area contributed by atoms with Crippen LogP contribution in [0.5, 0.6) is 0 Å². The van der Waals surface area contributed by atoms with Crippen LogP contribution in [0.1, 0.15) is 12.1 Å². The molecular weight excluding hydrogens is 238 g/mol. The van der Waals surface area contributed by atoms with E-state index in [1.54, 1.807) is 13.0 Å². The number of aromatic nitrogens is 1. The van der Waals surface area contributed by atoms with Gasteiger partial charge in [0.25, 0.3) is 0 Å². The van der Waals surface area contributed by atoms with Gasteiger partial charge < -0.3 is 9.63 Å². The number of carboxylic acids is 1. The van der Waals surface area contributed by atoms with E-state index in [0.717, 1.165) is 0 Å². The molecule has 7 heteroatoms. The molecule has 2 rings (SSSR count). The lowest BCUT2D eigenvalue weighted by atomic mass is 10.1. The summed E-state index contributed by atoms with van der Waals surface area (Å²) in [6.45, 7) is 2.97. The Morgan fingerprint density at radius 2 is 2.44 bits per heavy atom. The molecule has 2 heterocycles. The summed E-state index contributed by atoms with van der Waals surface area (Å²) in [5.41, 5.74) is 0.692. The van der Waals surface area contributed by atoms with Crippen molar-refractivity contribution in [1.29, 1.82) is 0 Å². The lowest BCUT2D eigenvalue weighted by Crippen LogP contribution is -2.32. The second-order valence-corrected chi connectivity index (χ2v) is 4.44. The number of amides is 1. The molecule has 1 aliphatic heterocycles. The third-order valence-electron chi connectivity index (χ3n) is 2.88. The number of hydrogen-bond acceptors (Lipinski definition) is 5. The molecule has 2 N–H and O–H groups in total. The number of anilines is 1. The van der Waals surface area contributed by atoms with Crippen LogP contribution in [-0.4, -0.2) is 46.7 Å². The second kappa shape index (κ2) is 5.18. The smallest absolute Gasteiger partial charge is 0.307 e. The summed E-state index contributed by atoms with van der Waals surface area (Å²) in [5.74, 6) is -1.09. The van der Waals surface area contributed by atoms with Crippen molar-refractivity contribution in [3.63, 3.8) is 0 Å². The Morgan fingerprint density at radius 3 is 3.00 bits per heavy atom. The Morgan fingerprint density at radius 1 is 1.67 bits per heavy atom. The van der Waals surface area contributed by atoms with Gasteiger partial charge in [-0.25, -0.2) is 0 Å². The van der Waals surface area contributed by atoms with Crippen molar-refractivity contribution in [3.05, 3.63) is 11.8 Å². The third-order valence-corrected chi connectivity index (χ3v) is 2.88. The van der Waals surface area contributed by atoms with Gasteiger partial charge in [0.05, 0.1) is 18.2 Å². The second-order valence-electron chi connectivity index (χ2n) is 4.44. The maximum Gasteiger partial charge on any atom is 0.307 e. The first kappa shape index (κ1) is 12.6. The number of carbonyl (C=O) groups is 2. The van der Waals surface area contributed by atoms with E-state index in [-0.39, 0.29) is 18.4 Å². The quantitative estimate of drug-likeness (QED) is 0.802. The van der Waals surface area contributed by atoms with E-state index < -0.39 is 5.97 Å². The molecule has 0 saturated carbocycles. The van der Waals surface area contributed by atoms with Crippen molar-refractivity contribution in [3.8, 4) is 0 Å². The lowest BCUT2D eigenvalue weighted by molar-refractivity contribution is -0.141. The van der Waals surface area contributed by atoms with Crippen LogP contribution in [0, 0.1) is 12.8 Å². The molecular formula is C11H15N3O4. The summed E-state index contributed by atoms with van der Waals surface area (Å²) in [4.78, 5) is 24.3. The Kier molecular flexibility index (Phi) is 3.61. The van der Waals surface area contributed by atoms with E-state index in [9.17, 15) is 9.59 Å². The molecule has 1 amide bonds. The fourth-order valence-electron chi connectivity index (χ4n) is 1.98. The summed E-state index contributed by atoms with van der Waals surface area (Å²) < 4.78 is 4.86. The van der Waals surface area contributed by atoms with Gasteiger partial charge in [-0.1, -0.05) is 5.16 Å². The zero-order valence-electron chi connectivity index (χ0n) is 10.0. The molecule has 1 aliphatic rings. The molecule has 98 valence electrons. The molecule has 0 radical (unpaired) electrons. The highest BCUT2D eigenvalue weighted by molar-refractivity contribution is 5.91. The SMILES string of the molecule is Cc1cc(NC(=O)CN2CCC(C(=O)O)C2)on1. The first-order chi connectivity index (χ1) is 8.54. The number of nitrogens with one attached hydrogen (secondary N) is 1. The number of likely N-dealkylation sites (tertiary alicyclic amines) is 1. The van der Waals surface area contributed by atoms with Gasteiger partial charge in [-0.05, 0) is 19.9 Å². The number of nitrogens with zero attached hydrogens (tertiary/aromatic N) is 2. The molecule has 0 aliphatic carbocycles. The monoisotopic (exact) mass is 253 g/mol. The van der Waals surface area contributed by atoms with Crippen LogP contribution in [0.3, 0.4) is 0 Å². The number of aryl methyl sites for hydroxylation is 1. The first-order valence-electron chi connectivity index (χ1n) is 5.73. The molecule has 7 nitrogen and oxygen atoms in total. The standard InChI is InChI=1S/C11H15N3O4/c1-7-4-10(18-13-7)12-9(15)6-14-3-2-8(5-14)11(16)17/h4,8H,2-3,5-6H2,1H3,(H,12,15)(H,16,17). The van der Waals surface area contributed by atoms with E-state index in [2.05, 4.69) is 10.5 Å². The van der Waals surface area contributed by atoms with Crippen LogP contribution in [0.25, 0.3) is 0 Å². The first-order valence-corrected chi connectivity index (χ1v) is 5.73. The number of rotatable bonds is 4. The van der Waals surface area contributed by atoms with E-state index in [1.807, 2.05) is 4.90 Å². The zero-order valence-corrected chi connectivity index (χ0v) is 10.0. The van der Waals surface area contributed by atoms with Crippen molar-refractivity contribution in [2.75, 3.05) is 25.0 Å². The topological polar surface area (TPSA) is 95.7 Å². The minimum Gasteiger partial charge on any atom is -0.481 e. The van der Waals surface area contributed by atoms with Gasteiger partial charge in [-0.3, -0.25) is 19.8 Å². The molecule has 1 fully saturated rings. The molecule has 1 unspecified atom stereocenters. The number of aliphatic carboxylic acids is 1. The average molecular weight is 253 g/mol. The highest BCUT2D eigenvalue weighted by Crippen LogP contribution is 2.16. The fraction of sp³-hybridized carbons (Fsp3) is 0.545. The van der Waals surface area contributed by atoms with Crippen LogP contribution in [0.4, 0.5) is 5.88 Å². The van der Waals surface area contributed by atoms with Crippen LogP contribution >= 0.6 is 0 Å². The van der Waals surface area contributed by atoms with Crippen LogP contribution in [-0.2, 0) is 9.59 Å². The van der Waals surface area contributed by atoms with Crippen LogP contribution in [0.2, 0.25) is 0 Å². The van der Waals surface area contributed by atoms with Gasteiger partial charge in [0.15, 0.2) is 0 Å². The summed E-state index contributed by atoms with van der Waals surface area (Å²) in [7, 11) is 0. The van der Waals surface area contributed by atoms with Crippen LogP contribution in [0.15, 0.2) is 10.6 Å². The van der Waals surface area contributed by atoms with Crippen molar-refractivity contribution in [2.45, 2.75) is 13.3 Å². The molecule has 0 aromatic carbocycles. The van der Waals surface area contributed by atoms with Gasteiger partial charge in [-0.2, -0.15) is 0 Å². The molecule has 1 atom stereocenters. The Bertz CT molecular complexity index is 457. The Hall–Kier alpha value is -1.89. The van der Waals surface area contributed by atoms with Crippen molar-refractivity contribution >= 4 is 17.8 Å². The number of carboxylic acid groups (broad SMARTS) is 1. The molecule has 1 saturated heterocycles. The minimum atomic E-state index is -0.802. The third kappa shape index (κ3) is 3.07. The van der Waals surface area contributed by atoms with Gasteiger partial charge in [0.2, 0.25) is 11.8 Å². The zero-order chi connectivity index (χ0) is 13.1. The molecule has 0 bridgehead atoms. The Labute approximate surface area is 104 Å². The van der Waals surface area contributed by atoms with E-state index >= 15 is 0 Å². The van der Waals surface area contributed by atoms with Crippen molar-refractivity contribution in [2.24, 2.45) is 5.92 Å². The molecule has 1 aromatic heterocycles. The van der Waals surface area contributed by atoms with Gasteiger partial charge in [0, 0.05) is 12.6 Å². The average Bonchev–Trinajstić information content (AvgIpc) is 2.88. The van der Waals surface area contributed by atoms with Gasteiger partial charge >= 0.3 is 5.97 Å². The summed E-state index contributed by atoms with van der Waals surface area (Å²) >= 11 is 0. The van der Waals surface area contributed by atoms with Gasteiger partial charge in [0.1, 0.15) is 0 Å². The number of carbonyl (C=O) groups excluding carboxylic acids is 1. The predicted molar refractivity (Wildman–Crippen MR) is 62.1 cm³/mol. The molecule has 1 aromatic rings. The van der Waals surface area contributed by atoms with Gasteiger partial charge in [-0.15, -0.1) is 0 Å². The number of hydrogen-bond donors (Lipinski definition) is 2. The van der Waals surface area contributed by atoms with Crippen molar-refractivity contribution in [1.82, 2.24) is 10.1 Å². The van der Waals surface area contributed by atoms with E-state index in [0.29, 0.717) is 31.1 Å². The van der Waals surface area contributed by atoms with E-state index in [1.165, 1.54) is 0 Å². The summed E-state index contributed by atoms with van der Waals surface area (Å²) in [5, 5.41) is 15.1.